The van der Waals surface area contributed by atoms with Crippen LogP contribution in [0.25, 0.3) is 0 Å². The first-order valence-electron chi connectivity index (χ1n) is 8.12. The number of aliphatic carboxylic acids is 1. The topological polar surface area (TPSA) is 66.4 Å². The molecule has 20 heavy (non-hydrogen) atoms. The van der Waals surface area contributed by atoms with E-state index < -0.39 is 11.9 Å². The Kier molecular flexibility index (Phi) is 5.44. The van der Waals surface area contributed by atoms with Gasteiger partial charge in [0.25, 0.3) is 0 Å². The van der Waals surface area contributed by atoms with Gasteiger partial charge in [0.15, 0.2) is 0 Å². The van der Waals surface area contributed by atoms with E-state index in [1.807, 2.05) is 0 Å². The van der Waals surface area contributed by atoms with Gasteiger partial charge >= 0.3 is 5.97 Å². The maximum Gasteiger partial charge on any atom is 0.307 e. The predicted octanol–water partition coefficient (Wildman–Crippen LogP) is 2.82. The molecule has 114 valence electrons. The summed E-state index contributed by atoms with van der Waals surface area (Å²) in [5.41, 5.74) is 0. The van der Waals surface area contributed by atoms with E-state index in [2.05, 4.69) is 12.2 Å². The maximum atomic E-state index is 12.3. The first-order chi connectivity index (χ1) is 9.61. The molecule has 0 spiro atoms. The second-order valence-electron chi connectivity index (χ2n) is 6.55. The summed E-state index contributed by atoms with van der Waals surface area (Å²) in [6, 6.07) is 0. The first kappa shape index (κ1) is 15.3. The van der Waals surface area contributed by atoms with Gasteiger partial charge in [0.05, 0.1) is 11.8 Å². The molecular formula is C16H27NO3. The SMILES string of the molecule is CCC1CC(C(=O)O)C(C(=O)NCC2CCCCC2)C1. The quantitative estimate of drug-likeness (QED) is 0.814. The van der Waals surface area contributed by atoms with Crippen molar-refractivity contribution in [2.45, 2.75) is 58.3 Å². The summed E-state index contributed by atoms with van der Waals surface area (Å²) in [7, 11) is 0. The highest BCUT2D eigenvalue weighted by molar-refractivity contribution is 5.85. The molecule has 2 aliphatic rings. The lowest BCUT2D eigenvalue weighted by molar-refractivity contribution is -0.146. The van der Waals surface area contributed by atoms with Crippen LogP contribution in [0, 0.1) is 23.7 Å². The molecule has 4 heteroatoms. The Balaban J connectivity index is 1.85. The number of hydrogen-bond donors (Lipinski definition) is 2. The number of carboxylic acid groups (broad SMARTS) is 1. The Morgan fingerprint density at radius 3 is 2.30 bits per heavy atom. The summed E-state index contributed by atoms with van der Waals surface area (Å²) in [5, 5.41) is 12.3. The molecule has 0 aromatic heterocycles. The Labute approximate surface area is 121 Å². The van der Waals surface area contributed by atoms with E-state index in [0.29, 0.717) is 18.3 Å². The van der Waals surface area contributed by atoms with Crippen LogP contribution in [0.2, 0.25) is 0 Å². The zero-order valence-electron chi connectivity index (χ0n) is 12.4. The molecule has 0 radical (unpaired) electrons. The summed E-state index contributed by atoms with van der Waals surface area (Å²) in [5.74, 6) is -0.647. The fourth-order valence-electron chi connectivity index (χ4n) is 3.81. The van der Waals surface area contributed by atoms with Crippen LogP contribution < -0.4 is 5.32 Å². The third-order valence-electron chi connectivity index (χ3n) is 5.18. The second-order valence-corrected chi connectivity index (χ2v) is 6.55. The standard InChI is InChI=1S/C16H27NO3/c1-2-11-8-13(14(9-11)16(19)20)15(18)17-10-12-6-4-3-5-7-12/h11-14H,2-10H2,1H3,(H,17,18)(H,19,20). The van der Waals surface area contributed by atoms with Crippen molar-refractivity contribution in [3.63, 3.8) is 0 Å². The second kappa shape index (κ2) is 7.09. The van der Waals surface area contributed by atoms with Gasteiger partial charge in [0.1, 0.15) is 0 Å². The molecule has 2 rings (SSSR count). The lowest BCUT2D eigenvalue weighted by atomic mass is 9.89. The van der Waals surface area contributed by atoms with E-state index in [4.69, 9.17) is 0 Å². The van der Waals surface area contributed by atoms with Crippen LogP contribution >= 0.6 is 0 Å². The largest absolute Gasteiger partial charge is 0.481 e. The summed E-state index contributed by atoms with van der Waals surface area (Å²) in [4.78, 5) is 23.6. The highest BCUT2D eigenvalue weighted by Gasteiger charge is 2.42. The van der Waals surface area contributed by atoms with E-state index in [1.165, 1.54) is 32.1 Å². The number of carbonyl (C=O) groups is 2. The Hall–Kier alpha value is -1.06. The Morgan fingerprint density at radius 2 is 1.70 bits per heavy atom. The van der Waals surface area contributed by atoms with Gasteiger partial charge in [-0.15, -0.1) is 0 Å². The van der Waals surface area contributed by atoms with Crippen LogP contribution in [0.1, 0.15) is 58.3 Å². The fraction of sp³-hybridized carbons (Fsp3) is 0.875. The number of carbonyl (C=O) groups excluding carboxylic acids is 1. The van der Waals surface area contributed by atoms with Crippen LogP contribution in [0.4, 0.5) is 0 Å². The van der Waals surface area contributed by atoms with Crippen LogP contribution in [0.5, 0.6) is 0 Å². The third-order valence-corrected chi connectivity index (χ3v) is 5.18. The molecule has 0 aliphatic heterocycles. The van der Waals surface area contributed by atoms with Gasteiger partial charge in [0.2, 0.25) is 5.91 Å². The molecule has 2 aliphatic carbocycles. The molecule has 3 unspecified atom stereocenters. The van der Waals surface area contributed by atoms with E-state index in [0.717, 1.165) is 19.4 Å². The third kappa shape index (κ3) is 3.74. The van der Waals surface area contributed by atoms with Gasteiger partial charge < -0.3 is 10.4 Å². The predicted molar refractivity (Wildman–Crippen MR) is 77.2 cm³/mol. The molecule has 2 N–H and O–H groups in total. The summed E-state index contributed by atoms with van der Waals surface area (Å²) < 4.78 is 0. The minimum atomic E-state index is -0.807. The van der Waals surface area contributed by atoms with Crippen molar-refractivity contribution in [3.05, 3.63) is 0 Å². The number of nitrogens with one attached hydrogen (secondary N) is 1. The zero-order chi connectivity index (χ0) is 14.5. The van der Waals surface area contributed by atoms with E-state index in [-0.39, 0.29) is 11.8 Å². The monoisotopic (exact) mass is 281 g/mol. The molecule has 2 saturated carbocycles. The van der Waals surface area contributed by atoms with Crippen molar-refractivity contribution in [2.24, 2.45) is 23.7 Å². The smallest absolute Gasteiger partial charge is 0.307 e. The van der Waals surface area contributed by atoms with Crippen molar-refractivity contribution >= 4 is 11.9 Å². The first-order valence-corrected chi connectivity index (χ1v) is 8.12. The van der Waals surface area contributed by atoms with Gasteiger partial charge in [-0.3, -0.25) is 9.59 Å². The summed E-state index contributed by atoms with van der Waals surface area (Å²) >= 11 is 0. The lowest BCUT2D eigenvalue weighted by Crippen LogP contribution is -2.38. The molecule has 0 heterocycles. The molecule has 0 bridgehead atoms. The maximum absolute atomic E-state index is 12.3. The minimum Gasteiger partial charge on any atom is -0.481 e. The van der Waals surface area contributed by atoms with Crippen LogP contribution in [-0.4, -0.2) is 23.5 Å². The zero-order valence-corrected chi connectivity index (χ0v) is 12.4. The Bertz CT molecular complexity index is 350. The van der Waals surface area contributed by atoms with Crippen molar-refractivity contribution in [3.8, 4) is 0 Å². The molecule has 1 amide bonds. The van der Waals surface area contributed by atoms with Gasteiger partial charge in [-0.2, -0.15) is 0 Å². The molecule has 3 atom stereocenters. The van der Waals surface area contributed by atoms with E-state index in [9.17, 15) is 14.7 Å². The van der Waals surface area contributed by atoms with Crippen molar-refractivity contribution < 1.29 is 14.7 Å². The summed E-state index contributed by atoms with van der Waals surface area (Å²) in [6.45, 7) is 2.81. The molecule has 0 aromatic rings. The normalized spacial score (nSPS) is 31.1. The number of rotatable bonds is 5. The average molecular weight is 281 g/mol. The number of carboxylic acids is 1. The minimum absolute atomic E-state index is 0.0288. The lowest BCUT2D eigenvalue weighted by Gasteiger charge is -2.23. The highest BCUT2D eigenvalue weighted by Crippen LogP contribution is 2.38. The van der Waals surface area contributed by atoms with Gasteiger partial charge in [-0.25, -0.2) is 0 Å². The molecule has 4 nitrogen and oxygen atoms in total. The Morgan fingerprint density at radius 1 is 1.05 bits per heavy atom. The molecular weight excluding hydrogens is 254 g/mol. The van der Waals surface area contributed by atoms with Gasteiger partial charge in [0, 0.05) is 6.54 Å². The van der Waals surface area contributed by atoms with Crippen molar-refractivity contribution in [2.75, 3.05) is 6.54 Å². The highest BCUT2D eigenvalue weighted by atomic mass is 16.4. The fourth-order valence-corrected chi connectivity index (χ4v) is 3.81. The number of amides is 1. The van der Waals surface area contributed by atoms with Gasteiger partial charge in [-0.1, -0.05) is 32.6 Å². The molecule has 0 saturated heterocycles. The van der Waals surface area contributed by atoms with E-state index in [1.54, 1.807) is 0 Å². The van der Waals surface area contributed by atoms with Gasteiger partial charge in [-0.05, 0) is 37.5 Å². The van der Waals surface area contributed by atoms with Crippen LogP contribution in [0.3, 0.4) is 0 Å². The van der Waals surface area contributed by atoms with Crippen molar-refractivity contribution in [1.82, 2.24) is 5.32 Å². The van der Waals surface area contributed by atoms with Crippen LogP contribution in [-0.2, 0) is 9.59 Å². The van der Waals surface area contributed by atoms with Crippen molar-refractivity contribution in [1.29, 1.82) is 0 Å². The average Bonchev–Trinajstić information content (AvgIpc) is 2.90. The molecule has 0 aromatic carbocycles. The van der Waals surface area contributed by atoms with Crippen LogP contribution in [0.15, 0.2) is 0 Å². The molecule has 2 fully saturated rings. The van der Waals surface area contributed by atoms with E-state index >= 15 is 0 Å². The number of hydrogen-bond acceptors (Lipinski definition) is 2. The summed E-state index contributed by atoms with van der Waals surface area (Å²) in [6.07, 6.45) is 8.61.